The first-order chi connectivity index (χ1) is 11.1. The van der Waals surface area contributed by atoms with Crippen molar-refractivity contribution in [1.82, 2.24) is 19.7 Å². The molecule has 2 unspecified atom stereocenters. The van der Waals surface area contributed by atoms with Crippen LogP contribution in [0.5, 0.6) is 6.01 Å². The number of fused-ring (bicyclic) bond motifs is 1. The summed E-state index contributed by atoms with van der Waals surface area (Å²) >= 11 is 0. The maximum atomic E-state index is 9.00. The summed E-state index contributed by atoms with van der Waals surface area (Å²) in [7, 11) is 1.52. The lowest BCUT2D eigenvalue weighted by molar-refractivity contribution is 0.377. The number of methoxy groups -OCH3 is 1. The second-order valence-corrected chi connectivity index (χ2v) is 5.28. The summed E-state index contributed by atoms with van der Waals surface area (Å²) in [5.41, 5.74) is 8.52. The SMILES string of the molecule is COc1ncc(C(C(C)N)n2ncc3cc(C#N)ccc32)cn1. The van der Waals surface area contributed by atoms with Gasteiger partial charge in [-0.05, 0) is 25.1 Å². The highest BCUT2D eigenvalue weighted by molar-refractivity contribution is 5.80. The molecule has 0 spiro atoms. The molecule has 0 amide bonds. The Balaban J connectivity index is 2.09. The maximum absolute atomic E-state index is 9.00. The lowest BCUT2D eigenvalue weighted by Crippen LogP contribution is -2.31. The van der Waals surface area contributed by atoms with Gasteiger partial charge in [-0.3, -0.25) is 4.68 Å². The molecule has 1 aromatic carbocycles. The number of hydrogen-bond acceptors (Lipinski definition) is 6. The Labute approximate surface area is 133 Å². The molecular formula is C16H16N6O. The minimum absolute atomic E-state index is 0.203. The van der Waals surface area contributed by atoms with Gasteiger partial charge in [-0.2, -0.15) is 10.4 Å². The predicted octanol–water partition coefficient (Wildman–Crippen LogP) is 1.64. The van der Waals surface area contributed by atoms with E-state index in [1.54, 1.807) is 24.7 Å². The van der Waals surface area contributed by atoms with Crippen LogP contribution in [0.15, 0.2) is 36.8 Å². The number of hydrogen-bond donors (Lipinski definition) is 1. The fourth-order valence-corrected chi connectivity index (χ4v) is 2.60. The number of aromatic nitrogens is 4. The Bertz CT molecular complexity index is 862. The van der Waals surface area contributed by atoms with E-state index >= 15 is 0 Å². The van der Waals surface area contributed by atoms with E-state index in [-0.39, 0.29) is 12.1 Å². The van der Waals surface area contributed by atoms with E-state index in [0.29, 0.717) is 11.6 Å². The summed E-state index contributed by atoms with van der Waals surface area (Å²) in [6.07, 6.45) is 5.12. The zero-order valence-electron chi connectivity index (χ0n) is 12.8. The molecular weight excluding hydrogens is 292 g/mol. The van der Waals surface area contributed by atoms with Crippen LogP contribution in [0, 0.1) is 11.3 Å². The predicted molar refractivity (Wildman–Crippen MR) is 84.8 cm³/mol. The monoisotopic (exact) mass is 308 g/mol. The van der Waals surface area contributed by atoms with Crippen LogP contribution in [0.25, 0.3) is 10.9 Å². The average molecular weight is 308 g/mol. The Hall–Kier alpha value is -2.98. The highest BCUT2D eigenvalue weighted by Gasteiger charge is 2.22. The highest BCUT2D eigenvalue weighted by atomic mass is 16.5. The first-order valence-corrected chi connectivity index (χ1v) is 7.13. The van der Waals surface area contributed by atoms with E-state index in [2.05, 4.69) is 21.1 Å². The summed E-state index contributed by atoms with van der Waals surface area (Å²) in [5, 5.41) is 14.3. The number of benzene rings is 1. The fourth-order valence-electron chi connectivity index (χ4n) is 2.60. The van der Waals surface area contributed by atoms with Gasteiger partial charge in [0.05, 0.1) is 36.5 Å². The quantitative estimate of drug-likeness (QED) is 0.786. The van der Waals surface area contributed by atoms with Crippen molar-refractivity contribution in [3.63, 3.8) is 0 Å². The summed E-state index contributed by atoms with van der Waals surface area (Å²) in [6.45, 7) is 1.91. The summed E-state index contributed by atoms with van der Waals surface area (Å²) in [6, 6.07) is 7.47. The topological polar surface area (TPSA) is 103 Å². The van der Waals surface area contributed by atoms with Crippen LogP contribution < -0.4 is 10.5 Å². The fraction of sp³-hybridized carbons (Fsp3) is 0.250. The molecule has 2 N–H and O–H groups in total. The van der Waals surface area contributed by atoms with Crippen LogP contribution in [0.4, 0.5) is 0 Å². The van der Waals surface area contributed by atoms with Crippen LogP contribution in [0.1, 0.15) is 24.1 Å². The zero-order valence-corrected chi connectivity index (χ0v) is 12.8. The second kappa shape index (κ2) is 6.02. The molecule has 23 heavy (non-hydrogen) atoms. The van der Waals surface area contributed by atoms with E-state index in [0.717, 1.165) is 16.5 Å². The largest absolute Gasteiger partial charge is 0.467 e. The van der Waals surface area contributed by atoms with Crippen molar-refractivity contribution in [2.75, 3.05) is 7.11 Å². The van der Waals surface area contributed by atoms with E-state index < -0.39 is 0 Å². The van der Waals surface area contributed by atoms with Crippen molar-refractivity contribution in [2.45, 2.75) is 19.0 Å². The summed E-state index contributed by atoms with van der Waals surface area (Å²) in [5.74, 6) is 0. The van der Waals surface area contributed by atoms with Crippen molar-refractivity contribution in [3.05, 3.63) is 47.9 Å². The molecule has 7 heteroatoms. The van der Waals surface area contributed by atoms with Crippen molar-refractivity contribution in [3.8, 4) is 12.1 Å². The molecule has 0 bridgehead atoms. The third-order valence-electron chi connectivity index (χ3n) is 3.66. The van der Waals surface area contributed by atoms with Gasteiger partial charge in [-0.25, -0.2) is 9.97 Å². The molecule has 0 saturated heterocycles. The van der Waals surface area contributed by atoms with Crippen LogP contribution in [-0.2, 0) is 0 Å². The van der Waals surface area contributed by atoms with Gasteiger partial charge < -0.3 is 10.5 Å². The number of nitrogens with zero attached hydrogens (tertiary/aromatic N) is 5. The van der Waals surface area contributed by atoms with Gasteiger partial charge in [-0.15, -0.1) is 0 Å². The number of rotatable bonds is 4. The first kappa shape index (κ1) is 14.9. The van der Waals surface area contributed by atoms with Gasteiger partial charge in [0.25, 0.3) is 0 Å². The molecule has 116 valence electrons. The molecule has 2 heterocycles. The van der Waals surface area contributed by atoms with Gasteiger partial charge in [-0.1, -0.05) is 0 Å². The standard InChI is InChI=1S/C16H16N6O/c1-10(18)15(13-7-19-16(23-2)20-8-13)22-14-4-3-11(6-17)5-12(14)9-21-22/h3-5,7-10,15H,18H2,1-2H3. The minimum Gasteiger partial charge on any atom is -0.467 e. The van der Waals surface area contributed by atoms with Crippen molar-refractivity contribution in [1.29, 1.82) is 5.26 Å². The Morgan fingerprint density at radius 3 is 2.61 bits per heavy atom. The van der Waals surface area contributed by atoms with Crippen LogP contribution >= 0.6 is 0 Å². The van der Waals surface area contributed by atoms with E-state index in [1.165, 1.54) is 7.11 Å². The lowest BCUT2D eigenvalue weighted by Gasteiger charge is -2.22. The van der Waals surface area contributed by atoms with Crippen molar-refractivity contribution >= 4 is 10.9 Å². The van der Waals surface area contributed by atoms with Crippen molar-refractivity contribution < 1.29 is 4.74 Å². The molecule has 2 aromatic heterocycles. The van der Waals surface area contributed by atoms with E-state index in [4.69, 9.17) is 15.7 Å². The Morgan fingerprint density at radius 1 is 1.26 bits per heavy atom. The van der Waals surface area contributed by atoms with Crippen molar-refractivity contribution in [2.24, 2.45) is 5.73 Å². The smallest absolute Gasteiger partial charge is 0.316 e. The molecule has 2 atom stereocenters. The van der Waals surface area contributed by atoms with Crippen LogP contribution in [-0.4, -0.2) is 32.9 Å². The van der Waals surface area contributed by atoms with Gasteiger partial charge in [0.1, 0.15) is 0 Å². The Kier molecular flexibility index (Phi) is 3.91. The molecule has 0 radical (unpaired) electrons. The summed E-state index contributed by atoms with van der Waals surface area (Å²) < 4.78 is 6.83. The number of nitriles is 1. The third-order valence-corrected chi connectivity index (χ3v) is 3.66. The van der Waals surface area contributed by atoms with Crippen LogP contribution in [0.2, 0.25) is 0 Å². The zero-order chi connectivity index (χ0) is 16.4. The minimum atomic E-state index is -0.216. The normalized spacial score (nSPS) is 13.5. The molecule has 3 aromatic rings. The van der Waals surface area contributed by atoms with Crippen LogP contribution in [0.3, 0.4) is 0 Å². The maximum Gasteiger partial charge on any atom is 0.316 e. The lowest BCUT2D eigenvalue weighted by atomic mass is 10.0. The summed E-state index contributed by atoms with van der Waals surface area (Å²) in [4.78, 5) is 8.29. The average Bonchev–Trinajstić information content (AvgIpc) is 2.98. The highest BCUT2D eigenvalue weighted by Crippen LogP contribution is 2.25. The molecule has 0 aliphatic carbocycles. The molecule has 0 aliphatic rings. The second-order valence-electron chi connectivity index (χ2n) is 5.28. The molecule has 7 nitrogen and oxygen atoms in total. The third kappa shape index (κ3) is 2.72. The molecule has 0 aliphatic heterocycles. The first-order valence-electron chi connectivity index (χ1n) is 7.13. The van der Waals surface area contributed by atoms with Gasteiger partial charge >= 0.3 is 6.01 Å². The van der Waals surface area contributed by atoms with Gasteiger partial charge in [0, 0.05) is 29.4 Å². The Morgan fingerprint density at radius 2 is 2.00 bits per heavy atom. The molecule has 0 saturated carbocycles. The molecule has 0 fully saturated rings. The molecule has 3 rings (SSSR count). The number of ether oxygens (including phenoxy) is 1. The van der Waals surface area contributed by atoms with Gasteiger partial charge in [0.2, 0.25) is 0 Å². The van der Waals surface area contributed by atoms with E-state index in [1.807, 2.05) is 23.7 Å². The van der Waals surface area contributed by atoms with Gasteiger partial charge in [0.15, 0.2) is 0 Å². The number of nitrogens with two attached hydrogens (primary N) is 1. The van der Waals surface area contributed by atoms with E-state index in [9.17, 15) is 0 Å².